The van der Waals surface area contributed by atoms with Gasteiger partial charge in [-0.1, -0.05) is 18.2 Å². The molecule has 1 aromatic carbocycles. The average molecular weight is 276 g/mol. The molecule has 0 atom stereocenters. The second kappa shape index (κ2) is 5.39. The Balaban J connectivity index is 1.49. The van der Waals surface area contributed by atoms with Crippen LogP contribution < -0.4 is 5.32 Å². The standard InChI is InChI=1S/C15H17FN2S/c1-10-9-19-15(18-10)8-17-12-6-11(7-12)13-4-2-3-5-14(13)16/h2-5,9,11-12,17H,6-8H2,1H3. The van der Waals surface area contributed by atoms with Gasteiger partial charge < -0.3 is 5.32 Å². The van der Waals surface area contributed by atoms with Crippen LogP contribution in [0.5, 0.6) is 0 Å². The molecule has 1 aliphatic carbocycles. The smallest absolute Gasteiger partial charge is 0.126 e. The molecule has 2 nitrogen and oxygen atoms in total. The Bertz CT molecular complexity index is 561. The van der Waals surface area contributed by atoms with E-state index in [4.69, 9.17) is 0 Å². The van der Waals surface area contributed by atoms with E-state index in [2.05, 4.69) is 15.7 Å². The molecule has 0 spiro atoms. The van der Waals surface area contributed by atoms with E-state index >= 15 is 0 Å². The zero-order chi connectivity index (χ0) is 13.2. The Labute approximate surface area is 116 Å². The molecule has 1 heterocycles. The van der Waals surface area contributed by atoms with Gasteiger partial charge in [0.2, 0.25) is 0 Å². The summed E-state index contributed by atoms with van der Waals surface area (Å²) in [7, 11) is 0. The minimum Gasteiger partial charge on any atom is -0.308 e. The molecule has 0 bridgehead atoms. The number of nitrogens with zero attached hydrogens (tertiary/aromatic N) is 1. The van der Waals surface area contributed by atoms with Gasteiger partial charge in [-0.25, -0.2) is 9.37 Å². The number of aryl methyl sites for hydroxylation is 1. The van der Waals surface area contributed by atoms with Crippen molar-refractivity contribution in [3.8, 4) is 0 Å². The Morgan fingerprint density at radius 3 is 2.84 bits per heavy atom. The van der Waals surface area contributed by atoms with Crippen LogP contribution in [0.25, 0.3) is 0 Å². The number of halogens is 1. The summed E-state index contributed by atoms with van der Waals surface area (Å²) in [5, 5.41) is 6.69. The minimum absolute atomic E-state index is 0.0681. The summed E-state index contributed by atoms with van der Waals surface area (Å²) in [5.41, 5.74) is 1.95. The van der Waals surface area contributed by atoms with Gasteiger partial charge in [0.1, 0.15) is 10.8 Å². The molecule has 0 unspecified atom stereocenters. The molecular formula is C15H17FN2S. The number of hydrogen-bond acceptors (Lipinski definition) is 3. The van der Waals surface area contributed by atoms with Crippen molar-refractivity contribution in [2.45, 2.75) is 38.3 Å². The van der Waals surface area contributed by atoms with Crippen LogP contribution in [0.3, 0.4) is 0 Å². The monoisotopic (exact) mass is 276 g/mol. The van der Waals surface area contributed by atoms with Gasteiger partial charge in [-0.3, -0.25) is 0 Å². The normalized spacial score (nSPS) is 22.2. The van der Waals surface area contributed by atoms with Crippen LogP contribution in [0.2, 0.25) is 0 Å². The fourth-order valence-corrected chi connectivity index (χ4v) is 3.28. The summed E-state index contributed by atoms with van der Waals surface area (Å²) in [6.45, 7) is 2.84. The van der Waals surface area contributed by atoms with Crippen LogP contribution in [-0.4, -0.2) is 11.0 Å². The molecule has 1 fully saturated rings. The molecule has 1 N–H and O–H groups in total. The lowest BCUT2D eigenvalue weighted by Gasteiger charge is -2.36. The second-order valence-electron chi connectivity index (χ2n) is 5.15. The summed E-state index contributed by atoms with van der Waals surface area (Å²) in [5.74, 6) is 0.304. The molecule has 1 aliphatic rings. The first kappa shape index (κ1) is 12.8. The SMILES string of the molecule is Cc1csc(CNC2CC(c3ccccc3F)C2)n1. The fourth-order valence-electron chi connectivity index (χ4n) is 2.56. The third-order valence-corrected chi connectivity index (χ3v) is 4.66. The van der Waals surface area contributed by atoms with E-state index in [-0.39, 0.29) is 5.82 Å². The van der Waals surface area contributed by atoms with Gasteiger partial charge in [0.05, 0.1) is 0 Å². The number of thiazole rings is 1. The second-order valence-corrected chi connectivity index (χ2v) is 6.09. The van der Waals surface area contributed by atoms with E-state index < -0.39 is 0 Å². The van der Waals surface area contributed by atoms with Crippen molar-refractivity contribution in [2.75, 3.05) is 0 Å². The van der Waals surface area contributed by atoms with E-state index in [1.807, 2.05) is 19.1 Å². The van der Waals surface area contributed by atoms with Crippen molar-refractivity contribution in [1.82, 2.24) is 10.3 Å². The Morgan fingerprint density at radius 2 is 2.16 bits per heavy atom. The van der Waals surface area contributed by atoms with Crippen LogP contribution in [0.4, 0.5) is 4.39 Å². The van der Waals surface area contributed by atoms with Crippen molar-refractivity contribution in [3.05, 3.63) is 51.7 Å². The van der Waals surface area contributed by atoms with Crippen LogP contribution in [0, 0.1) is 12.7 Å². The maximum absolute atomic E-state index is 13.6. The molecule has 4 heteroatoms. The van der Waals surface area contributed by atoms with Crippen molar-refractivity contribution >= 4 is 11.3 Å². The lowest BCUT2D eigenvalue weighted by atomic mass is 9.75. The zero-order valence-corrected chi connectivity index (χ0v) is 11.7. The number of rotatable bonds is 4. The highest BCUT2D eigenvalue weighted by atomic mass is 32.1. The number of benzene rings is 1. The minimum atomic E-state index is -0.0681. The summed E-state index contributed by atoms with van der Waals surface area (Å²) in [6, 6.07) is 7.61. The van der Waals surface area contributed by atoms with Gasteiger partial charge in [-0.15, -0.1) is 11.3 Å². The van der Waals surface area contributed by atoms with Crippen molar-refractivity contribution in [3.63, 3.8) is 0 Å². The quantitative estimate of drug-likeness (QED) is 0.922. The van der Waals surface area contributed by atoms with E-state index in [1.54, 1.807) is 23.5 Å². The topological polar surface area (TPSA) is 24.9 Å². The largest absolute Gasteiger partial charge is 0.308 e. The number of hydrogen-bond donors (Lipinski definition) is 1. The molecule has 0 saturated heterocycles. The first-order valence-corrected chi connectivity index (χ1v) is 7.49. The van der Waals surface area contributed by atoms with Crippen LogP contribution in [0.15, 0.2) is 29.6 Å². The maximum atomic E-state index is 13.6. The maximum Gasteiger partial charge on any atom is 0.126 e. The van der Waals surface area contributed by atoms with Gasteiger partial charge in [-0.05, 0) is 37.3 Å². The third kappa shape index (κ3) is 2.85. The Kier molecular flexibility index (Phi) is 3.62. The van der Waals surface area contributed by atoms with Gasteiger partial charge in [0, 0.05) is 23.7 Å². The molecule has 3 rings (SSSR count). The van der Waals surface area contributed by atoms with E-state index in [9.17, 15) is 4.39 Å². The lowest BCUT2D eigenvalue weighted by molar-refractivity contribution is 0.284. The van der Waals surface area contributed by atoms with Gasteiger partial charge >= 0.3 is 0 Å². The molecule has 1 aromatic heterocycles. The third-order valence-electron chi connectivity index (χ3n) is 3.69. The predicted molar refractivity (Wildman–Crippen MR) is 75.9 cm³/mol. The van der Waals surface area contributed by atoms with E-state index in [0.29, 0.717) is 12.0 Å². The zero-order valence-electron chi connectivity index (χ0n) is 10.9. The Hall–Kier alpha value is -1.26. The summed E-state index contributed by atoms with van der Waals surface area (Å²) in [6.07, 6.45) is 2.04. The fraction of sp³-hybridized carbons (Fsp3) is 0.400. The first-order valence-electron chi connectivity index (χ1n) is 6.61. The van der Waals surface area contributed by atoms with Gasteiger partial charge in [-0.2, -0.15) is 0 Å². The highest BCUT2D eigenvalue weighted by Gasteiger charge is 2.31. The van der Waals surface area contributed by atoms with Crippen LogP contribution >= 0.6 is 11.3 Å². The molecular weight excluding hydrogens is 259 g/mol. The Morgan fingerprint density at radius 1 is 1.37 bits per heavy atom. The average Bonchev–Trinajstić information content (AvgIpc) is 2.75. The highest BCUT2D eigenvalue weighted by molar-refractivity contribution is 7.09. The summed E-state index contributed by atoms with van der Waals surface area (Å²) >= 11 is 1.69. The summed E-state index contributed by atoms with van der Waals surface area (Å²) in [4.78, 5) is 4.43. The summed E-state index contributed by atoms with van der Waals surface area (Å²) < 4.78 is 13.6. The predicted octanol–water partition coefficient (Wildman–Crippen LogP) is 3.63. The van der Waals surface area contributed by atoms with E-state index in [0.717, 1.165) is 35.7 Å². The first-order chi connectivity index (χ1) is 9.22. The highest BCUT2D eigenvalue weighted by Crippen LogP contribution is 2.38. The molecule has 0 amide bonds. The molecule has 0 radical (unpaired) electrons. The van der Waals surface area contributed by atoms with Crippen LogP contribution in [0.1, 0.15) is 35.0 Å². The lowest BCUT2D eigenvalue weighted by Crippen LogP contribution is -2.39. The van der Waals surface area contributed by atoms with Crippen molar-refractivity contribution < 1.29 is 4.39 Å². The van der Waals surface area contributed by atoms with Crippen molar-refractivity contribution in [2.24, 2.45) is 0 Å². The molecule has 0 aliphatic heterocycles. The number of aromatic nitrogens is 1. The van der Waals surface area contributed by atoms with Crippen LogP contribution in [-0.2, 0) is 6.54 Å². The van der Waals surface area contributed by atoms with Gasteiger partial charge in [0.25, 0.3) is 0 Å². The van der Waals surface area contributed by atoms with Crippen molar-refractivity contribution in [1.29, 1.82) is 0 Å². The molecule has 2 aromatic rings. The number of nitrogens with one attached hydrogen (secondary N) is 1. The molecule has 19 heavy (non-hydrogen) atoms. The molecule has 100 valence electrons. The molecule has 1 saturated carbocycles. The van der Waals surface area contributed by atoms with E-state index in [1.165, 1.54) is 0 Å². The van der Waals surface area contributed by atoms with Gasteiger partial charge in [0.15, 0.2) is 0 Å².